The number of likely N-dealkylation sites (tertiary alicyclic amines) is 1. The lowest BCUT2D eigenvalue weighted by Crippen LogP contribution is -2.43. The van der Waals surface area contributed by atoms with Crippen molar-refractivity contribution in [2.24, 2.45) is 11.7 Å². The number of primary amides is 1. The average molecular weight is 519 g/mol. The standard InChI is InChI=1S/C29H38N6O3/c1-17-12-24(18(2)11-23(17)27(30)36)29(38)33-22-13-19-5-4-9-35(25(19)14-22)26-7-6-20(15-31-26)28(37)32-21-8-10-34(3)16-21/h6-7,11-12,15,19,21-22,25H,4-5,8-10,13-14,16H2,1-3H3,(H2,30,36)(H,32,37)(H,33,38)/t19?,21-,22?,25?/m1/s1. The molecule has 9 heteroatoms. The van der Waals surface area contributed by atoms with Crippen LogP contribution in [0.15, 0.2) is 30.5 Å². The lowest BCUT2D eigenvalue weighted by atomic mass is 9.92. The third-order valence-electron chi connectivity index (χ3n) is 8.48. The summed E-state index contributed by atoms with van der Waals surface area (Å²) in [6.45, 7) is 6.43. The average Bonchev–Trinajstić information content (AvgIpc) is 3.49. The van der Waals surface area contributed by atoms with Gasteiger partial charge in [0.25, 0.3) is 11.8 Å². The molecule has 4 N–H and O–H groups in total. The molecule has 38 heavy (non-hydrogen) atoms. The summed E-state index contributed by atoms with van der Waals surface area (Å²) < 4.78 is 0. The third kappa shape index (κ3) is 5.38. The second-order valence-corrected chi connectivity index (χ2v) is 11.3. The van der Waals surface area contributed by atoms with Gasteiger partial charge in [0.05, 0.1) is 5.56 Å². The Balaban J connectivity index is 1.23. The molecule has 0 bridgehead atoms. The molecule has 2 aliphatic heterocycles. The van der Waals surface area contributed by atoms with Crippen molar-refractivity contribution in [2.45, 2.75) is 64.1 Å². The molecular formula is C29H38N6O3. The SMILES string of the molecule is Cc1cc(C(=O)NC2CC3CCCN(c4ccc(C(=O)N[C@@H]5CCN(C)C5)cn4)C3C2)c(C)cc1C(N)=O. The summed E-state index contributed by atoms with van der Waals surface area (Å²) in [6, 6.07) is 7.84. The molecule has 0 radical (unpaired) electrons. The maximum atomic E-state index is 13.2. The molecule has 2 saturated heterocycles. The van der Waals surface area contributed by atoms with Crippen LogP contribution in [-0.4, -0.2) is 72.4 Å². The van der Waals surface area contributed by atoms with Crippen LogP contribution >= 0.6 is 0 Å². The predicted octanol–water partition coefficient (Wildman–Crippen LogP) is 2.41. The van der Waals surface area contributed by atoms with Gasteiger partial charge in [0.2, 0.25) is 5.91 Å². The van der Waals surface area contributed by atoms with Crippen LogP contribution in [-0.2, 0) is 0 Å². The number of piperidine rings is 1. The molecule has 202 valence electrons. The molecule has 1 saturated carbocycles. The first kappa shape index (κ1) is 26.2. The number of benzene rings is 1. The molecule has 5 rings (SSSR count). The van der Waals surface area contributed by atoms with E-state index in [2.05, 4.69) is 32.5 Å². The van der Waals surface area contributed by atoms with E-state index in [1.54, 1.807) is 25.3 Å². The number of pyridine rings is 1. The van der Waals surface area contributed by atoms with E-state index in [9.17, 15) is 14.4 Å². The van der Waals surface area contributed by atoms with Crippen LogP contribution in [0.5, 0.6) is 0 Å². The van der Waals surface area contributed by atoms with Gasteiger partial charge in [-0.05, 0) is 101 Å². The molecule has 3 unspecified atom stereocenters. The number of carbonyl (C=O) groups is 3. The smallest absolute Gasteiger partial charge is 0.253 e. The lowest BCUT2D eigenvalue weighted by molar-refractivity contribution is 0.0928. The normalized spacial score (nSPS) is 25.2. The van der Waals surface area contributed by atoms with Gasteiger partial charge in [0, 0.05) is 48.5 Å². The second-order valence-electron chi connectivity index (χ2n) is 11.3. The Morgan fingerprint density at radius 3 is 2.37 bits per heavy atom. The van der Waals surface area contributed by atoms with E-state index < -0.39 is 5.91 Å². The van der Waals surface area contributed by atoms with E-state index in [4.69, 9.17) is 5.73 Å². The van der Waals surface area contributed by atoms with Crippen LogP contribution < -0.4 is 21.3 Å². The number of likely N-dealkylation sites (N-methyl/N-ethyl adjacent to an activating group) is 1. The van der Waals surface area contributed by atoms with Crippen molar-refractivity contribution < 1.29 is 14.4 Å². The highest BCUT2D eigenvalue weighted by molar-refractivity contribution is 5.99. The number of nitrogens with two attached hydrogens (primary N) is 1. The molecule has 1 aliphatic carbocycles. The molecule has 1 aromatic carbocycles. The Hall–Kier alpha value is -3.46. The van der Waals surface area contributed by atoms with Gasteiger partial charge < -0.3 is 26.2 Å². The van der Waals surface area contributed by atoms with Gasteiger partial charge in [-0.1, -0.05) is 0 Å². The summed E-state index contributed by atoms with van der Waals surface area (Å²) >= 11 is 0. The van der Waals surface area contributed by atoms with Crippen LogP contribution in [0.3, 0.4) is 0 Å². The number of amides is 3. The topological polar surface area (TPSA) is 121 Å². The molecule has 3 heterocycles. The highest BCUT2D eigenvalue weighted by Crippen LogP contribution is 2.39. The van der Waals surface area contributed by atoms with E-state index >= 15 is 0 Å². The van der Waals surface area contributed by atoms with Crippen LogP contribution in [0.4, 0.5) is 5.82 Å². The summed E-state index contributed by atoms with van der Waals surface area (Å²) in [4.78, 5) is 46.8. The third-order valence-corrected chi connectivity index (χ3v) is 8.48. The Labute approximate surface area is 224 Å². The predicted molar refractivity (Wildman–Crippen MR) is 146 cm³/mol. The minimum Gasteiger partial charge on any atom is -0.366 e. The van der Waals surface area contributed by atoms with E-state index in [-0.39, 0.29) is 23.9 Å². The molecule has 2 aromatic rings. The first-order valence-electron chi connectivity index (χ1n) is 13.6. The monoisotopic (exact) mass is 518 g/mol. The number of nitrogens with zero attached hydrogens (tertiary/aromatic N) is 3. The van der Waals surface area contributed by atoms with Crippen molar-refractivity contribution in [1.82, 2.24) is 20.5 Å². The largest absolute Gasteiger partial charge is 0.366 e. The zero-order valence-electron chi connectivity index (χ0n) is 22.5. The lowest BCUT2D eigenvalue weighted by Gasteiger charge is -2.38. The van der Waals surface area contributed by atoms with Gasteiger partial charge in [-0.15, -0.1) is 0 Å². The zero-order chi connectivity index (χ0) is 27.0. The quantitative estimate of drug-likeness (QED) is 0.540. The highest BCUT2D eigenvalue weighted by atomic mass is 16.2. The van der Waals surface area contributed by atoms with Gasteiger partial charge in [0.1, 0.15) is 5.82 Å². The summed E-state index contributed by atoms with van der Waals surface area (Å²) in [5, 5.41) is 6.36. The molecule has 1 aromatic heterocycles. The van der Waals surface area contributed by atoms with Gasteiger partial charge in [0.15, 0.2) is 0 Å². The van der Waals surface area contributed by atoms with Gasteiger partial charge in [-0.25, -0.2) is 4.98 Å². The summed E-state index contributed by atoms with van der Waals surface area (Å²) in [5.41, 5.74) is 8.52. The number of fused-ring (bicyclic) bond motifs is 1. The van der Waals surface area contributed by atoms with Gasteiger partial charge in [-0.2, -0.15) is 0 Å². The van der Waals surface area contributed by atoms with E-state index in [1.807, 2.05) is 19.1 Å². The Bertz CT molecular complexity index is 1230. The fraction of sp³-hybridized carbons (Fsp3) is 0.517. The fourth-order valence-corrected chi connectivity index (χ4v) is 6.49. The van der Waals surface area contributed by atoms with Gasteiger partial charge >= 0.3 is 0 Å². The number of carbonyl (C=O) groups excluding carboxylic acids is 3. The van der Waals surface area contributed by atoms with E-state index in [1.165, 1.54) is 0 Å². The van der Waals surface area contributed by atoms with Crippen LogP contribution in [0.1, 0.15) is 74.3 Å². The highest BCUT2D eigenvalue weighted by Gasteiger charge is 2.41. The minimum atomic E-state index is -0.485. The number of anilines is 1. The Morgan fingerprint density at radius 2 is 1.68 bits per heavy atom. The Morgan fingerprint density at radius 1 is 0.947 bits per heavy atom. The maximum Gasteiger partial charge on any atom is 0.253 e. The summed E-state index contributed by atoms with van der Waals surface area (Å²) in [7, 11) is 2.07. The molecular weight excluding hydrogens is 480 g/mol. The summed E-state index contributed by atoms with van der Waals surface area (Å²) in [5.74, 6) is 0.703. The zero-order valence-corrected chi connectivity index (χ0v) is 22.5. The van der Waals surface area contributed by atoms with Crippen LogP contribution in [0.25, 0.3) is 0 Å². The molecule has 3 fully saturated rings. The first-order chi connectivity index (χ1) is 18.2. The summed E-state index contributed by atoms with van der Waals surface area (Å²) in [6.07, 6.45) is 6.65. The van der Waals surface area contributed by atoms with Crippen molar-refractivity contribution in [1.29, 1.82) is 0 Å². The molecule has 4 atom stereocenters. The second kappa shape index (κ2) is 10.7. The fourth-order valence-electron chi connectivity index (χ4n) is 6.49. The number of rotatable bonds is 6. The number of hydrogen-bond acceptors (Lipinski definition) is 6. The van der Waals surface area contributed by atoms with E-state index in [0.717, 1.165) is 63.1 Å². The molecule has 0 spiro atoms. The maximum absolute atomic E-state index is 13.2. The number of nitrogens with one attached hydrogen (secondary N) is 2. The molecule has 9 nitrogen and oxygen atoms in total. The Kier molecular flexibility index (Phi) is 7.38. The first-order valence-corrected chi connectivity index (χ1v) is 13.6. The van der Waals surface area contributed by atoms with Gasteiger partial charge in [-0.3, -0.25) is 14.4 Å². The van der Waals surface area contributed by atoms with Crippen molar-refractivity contribution in [3.05, 3.63) is 58.3 Å². The van der Waals surface area contributed by atoms with Crippen molar-refractivity contribution >= 4 is 23.5 Å². The van der Waals surface area contributed by atoms with Crippen molar-refractivity contribution in [3.8, 4) is 0 Å². The van der Waals surface area contributed by atoms with Crippen LogP contribution in [0, 0.1) is 19.8 Å². The minimum absolute atomic E-state index is 0.0705. The van der Waals surface area contributed by atoms with Crippen molar-refractivity contribution in [2.75, 3.05) is 31.6 Å². The van der Waals surface area contributed by atoms with E-state index in [0.29, 0.717) is 34.2 Å². The number of hydrogen-bond donors (Lipinski definition) is 3. The molecule has 3 amide bonds. The molecule has 3 aliphatic rings. The van der Waals surface area contributed by atoms with Crippen molar-refractivity contribution in [3.63, 3.8) is 0 Å². The number of aromatic nitrogens is 1. The number of aryl methyl sites for hydroxylation is 2. The van der Waals surface area contributed by atoms with Crippen LogP contribution in [0.2, 0.25) is 0 Å².